The number of hydrogen-bond donors (Lipinski definition) is 0. The zero-order valence-electron chi connectivity index (χ0n) is 20.1. The van der Waals surface area contributed by atoms with Crippen LogP contribution in [0.1, 0.15) is 5.56 Å². The van der Waals surface area contributed by atoms with Crippen molar-refractivity contribution in [1.82, 2.24) is 13.8 Å². The van der Waals surface area contributed by atoms with Gasteiger partial charge in [-0.1, -0.05) is 72.8 Å². The quantitative estimate of drug-likeness (QED) is 0.221. The van der Waals surface area contributed by atoms with Crippen LogP contribution >= 0.6 is 0 Å². The first kappa shape index (κ1) is 19.6. The molecule has 0 N–H and O–H groups in total. The van der Waals surface area contributed by atoms with Gasteiger partial charge in [0, 0.05) is 11.5 Å². The van der Waals surface area contributed by atoms with Gasteiger partial charge in [0.25, 0.3) is 0 Å². The normalized spacial score (nSPS) is 12.2. The molecule has 8 rings (SSSR count). The van der Waals surface area contributed by atoms with Crippen LogP contribution in [0.3, 0.4) is 0 Å². The van der Waals surface area contributed by atoms with Crippen LogP contribution in [0.25, 0.3) is 65.8 Å². The molecule has 0 atom stereocenters. The average molecular weight is 464 g/mol. The van der Waals surface area contributed by atoms with Crippen LogP contribution in [0.2, 0.25) is 0 Å². The zero-order valence-corrected chi connectivity index (χ0v) is 20.1. The summed E-state index contributed by atoms with van der Waals surface area (Å²) in [7, 11) is 2.15. The molecule has 0 spiro atoms. The lowest BCUT2D eigenvalue weighted by atomic mass is 10.00. The fourth-order valence-corrected chi connectivity index (χ4v) is 6.10. The van der Waals surface area contributed by atoms with Gasteiger partial charge in [-0.25, -0.2) is 4.98 Å². The zero-order chi connectivity index (χ0) is 24.0. The Morgan fingerprint density at radius 1 is 0.611 bits per heavy atom. The van der Waals surface area contributed by atoms with Crippen molar-refractivity contribution in [3.8, 4) is 0 Å². The van der Waals surface area contributed by atoms with Gasteiger partial charge >= 0.3 is 0 Å². The van der Waals surface area contributed by atoms with Gasteiger partial charge in [-0.3, -0.25) is 8.80 Å². The van der Waals surface area contributed by atoms with Crippen LogP contribution in [-0.2, 0) is 7.05 Å². The molecule has 0 unspecified atom stereocenters. The summed E-state index contributed by atoms with van der Waals surface area (Å²) in [6.45, 7) is 2.22. The molecule has 0 bridgehead atoms. The first-order valence-corrected chi connectivity index (χ1v) is 12.3. The number of rotatable bonds is 0. The maximum Gasteiger partial charge on any atom is 0.239 e. The molecule has 4 heteroatoms. The second-order valence-corrected chi connectivity index (χ2v) is 9.64. The summed E-state index contributed by atoms with van der Waals surface area (Å²) in [5.41, 5.74) is 8.04. The monoisotopic (exact) mass is 463 g/mol. The number of aromatic nitrogens is 4. The molecule has 0 saturated carbocycles. The molecule has 170 valence electrons. The van der Waals surface area contributed by atoms with Gasteiger partial charge in [-0.15, -0.1) is 0 Å². The van der Waals surface area contributed by atoms with Crippen LogP contribution in [0, 0.1) is 6.92 Å². The van der Waals surface area contributed by atoms with Crippen molar-refractivity contribution in [2.75, 3.05) is 0 Å². The lowest BCUT2D eigenvalue weighted by Crippen LogP contribution is -2.28. The lowest BCUT2D eigenvalue weighted by molar-refractivity contribution is -0.644. The highest BCUT2D eigenvalue weighted by Crippen LogP contribution is 2.36. The van der Waals surface area contributed by atoms with Crippen molar-refractivity contribution < 1.29 is 4.57 Å². The molecule has 4 aromatic heterocycles. The van der Waals surface area contributed by atoms with Crippen LogP contribution in [0.15, 0.2) is 103 Å². The molecule has 0 aliphatic rings. The number of benzene rings is 4. The van der Waals surface area contributed by atoms with Gasteiger partial charge in [0.05, 0.1) is 27.5 Å². The van der Waals surface area contributed by atoms with Crippen molar-refractivity contribution >= 4 is 65.8 Å². The highest BCUT2D eigenvalue weighted by molar-refractivity contribution is 6.20. The lowest BCUT2D eigenvalue weighted by Gasteiger charge is -2.04. The summed E-state index contributed by atoms with van der Waals surface area (Å²) >= 11 is 0. The van der Waals surface area contributed by atoms with Crippen molar-refractivity contribution in [2.24, 2.45) is 7.05 Å². The Morgan fingerprint density at radius 3 is 2.11 bits per heavy atom. The van der Waals surface area contributed by atoms with Gasteiger partial charge < -0.3 is 0 Å². The predicted molar refractivity (Wildman–Crippen MR) is 148 cm³/mol. The van der Waals surface area contributed by atoms with Crippen molar-refractivity contribution in [3.05, 3.63) is 109 Å². The van der Waals surface area contributed by atoms with E-state index in [0.717, 1.165) is 27.8 Å². The smallest absolute Gasteiger partial charge is 0.239 e. The third kappa shape index (κ3) is 2.38. The highest BCUT2D eigenvalue weighted by atomic mass is 15.2. The SMILES string of the molecule is Cc1cccc2c3ccccc3c3ccccc3n3c4c(cc[n+](C)c4c12)n1c2ccccc2nc13. The maximum absolute atomic E-state index is 5.18. The highest BCUT2D eigenvalue weighted by Gasteiger charge is 2.23. The Kier molecular flexibility index (Phi) is 3.77. The minimum atomic E-state index is 0.931. The predicted octanol–water partition coefficient (Wildman–Crippen LogP) is 7.05. The molecular formula is C32H23N4+. The summed E-state index contributed by atoms with van der Waals surface area (Å²) in [6, 6.07) is 34.8. The molecule has 4 heterocycles. The summed E-state index contributed by atoms with van der Waals surface area (Å²) in [5, 5.41) is 6.19. The Morgan fingerprint density at radius 2 is 1.28 bits per heavy atom. The molecule has 36 heavy (non-hydrogen) atoms. The van der Waals surface area contributed by atoms with Gasteiger partial charge in [0.15, 0.2) is 6.20 Å². The van der Waals surface area contributed by atoms with E-state index in [1.807, 2.05) is 0 Å². The third-order valence-electron chi connectivity index (χ3n) is 7.65. The molecule has 4 nitrogen and oxygen atoms in total. The molecule has 0 aliphatic heterocycles. The number of imidazole rings is 2. The van der Waals surface area contributed by atoms with Gasteiger partial charge in [-0.05, 0) is 46.8 Å². The molecular weight excluding hydrogens is 440 g/mol. The van der Waals surface area contributed by atoms with Gasteiger partial charge in [-0.2, -0.15) is 4.57 Å². The average Bonchev–Trinajstić information content (AvgIpc) is 3.44. The van der Waals surface area contributed by atoms with Crippen LogP contribution in [0.4, 0.5) is 0 Å². The minimum absolute atomic E-state index is 0.931. The molecule has 4 aromatic carbocycles. The topological polar surface area (TPSA) is 25.6 Å². The fraction of sp³-hybridized carbons (Fsp3) is 0.0625. The third-order valence-corrected chi connectivity index (χ3v) is 7.65. The van der Waals surface area contributed by atoms with E-state index in [2.05, 4.69) is 131 Å². The van der Waals surface area contributed by atoms with Crippen molar-refractivity contribution in [2.45, 2.75) is 6.92 Å². The fourth-order valence-electron chi connectivity index (χ4n) is 6.10. The number of hydrogen-bond acceptors (Lipinski definition) is 1. The largest absolute Gasteiger partial charge is 0.275 e. The van der Waals surface area contributed by atoms with E-state index in [-0.39, 0.29) is 0 Å². The summed E-state index contributed by atoms with van der Waals surface area (Å²) in [4.78, 5) is 5.18. The van der Waals surface area contributed by atoms with E-state index in [0.29, 0.717) is 0 Å². The number of nitrogens with zero attached hydrogens (tertiary/aromatic N) is 4. The Labute approximate surface area is 206 Å². The first-order chi connectivity index (χ1) is 17.7. The van der Waals surface area contributed by atoms with Crippen LogP contribution in [0.5, 0.6) is 0 Å². The molecule has 0 saturated heterocycles. The minimum Gasteiger partial charge on any atom is -0.275 e. The van der Waals surface area contributed by atoms with E-state index in [1.165, 1.54) is 43.5 Å². The van der Waals surface area contributed by atoms with Crippen LogP contribution < -0.4 is 4.57 Å². The van der Waals surface area contributed by atoms with E-state index >= 15 is 0 Å². The Balaban J connectivity index is 1.91. The van der Waals surface area contributed by atoms with Gasteiger partial charge in [0.1, 0.15) is 12.6 Å². The Bertz CT molecular complexity index is 2230. The number of fused-ring (bicyclic) bond motifs is 12. The van der Waals surface area contributed by atoms with E-state index in [4.69, 9.17) is 4.98 Å². The number of aryl methyl sites for hydroxylation is 2. The molecule has 0 aliphatic carbocycles. The molecule has 0 amide bonds. The Hall–Kier alpha value is -4.70. The van der Waals surface area contributed by atoms with E-state index in [1.54, 1.807) is 0 Å². The summed E-state index contributed by atoms with van der Waals surface area (Å²) in [5.74, 6) is 0.931. The van der Waals surface area contributed by atoms with Crippen LogP contribution in [-0.4, -0.2) is 13.8 Å². The molecule has 0 radical (unpaired) electrons. The summed E-state index contributed by atoms with van der Waals surface area (Å²) in [6.07, 6.45) is 2.18. The number of para-hydroxylation sites is 3. The van der Waals surface area contributed by atoms with Crippen molar-refractivity contribution in [1.29, 1.82) is 0 Å². The second kappa shape index (κ2) is 6.92. The summed E-state index contributed by atoms with van der Waals surface area (Å²) < 4.78 is 6.96. The van der Waals surface area contributed by atoms with E-state index < -0.39 is 0 Å². The standard InChI is InChI=1S/C32H23N4/c1-20-10-9-14-24-22-12-4-3-11-21(22)23-13-5-7-16-26(23)36-30-28(18-19-34(2)31(30)29(20)24)35-27-17-8-6-15-25(27)33-32(35)36/h3-19H,1-2H3/q+1. The molecule has 8 aromatic rings. The van der Waals surface area contributed by atoms with Crippen molar-refractivity contribution in [3.63, 3.8) is 0 Å². The number of pyridine rings is 1. The maximum atomic E-state index is 5.18. The van der Waals surface area contributed by atoms with E-state index in [9.17, 15) is 0 Å². The first-order valence-electron chi connectivity index (χ1n) is 12.3. The van der Waals surface area contributed by atoms with Gasteiger partial charge in [0.2, 0.25) is 11.3 Å². The molecule has 0 fully saturated rings. The second-order valence-electron chi connectivity index (χ2n) is 9.64.